The number of nitrogens with one attached hydrogen (secondary N) is 2. The lowest BCUT2D eigenvalue weighted by Gasteiger charge is -2.56. The summed E-state index contributed by atoms with van der Waals surface area (Å²) in [6, 6.07) is 10.8. The predicted octanol–water partition coefficient (Wildman–Crippen LogP) is 6.96. The molecule has 3 aliphatic rings. The van der Waals surface area contributed by atoms with E-state index in [1.165, 1.54) is 32.1 Å². The van der Waals surface area contributed by atoms with Crippen LogP contribution in [0.25, 0.3) is 22.3 Å². The van der Waals surface area contributed by atoms with E-state index in [0.717, 1.165) is 84.2 Å². The van der Waals surface area contributed by atoms with E-state index in [2.05, 4.69) is 92.3 Å². The van der Waals surface area contributed by atoms with Crippen LogP contribution in [0.4, 0.5) is 11.5 Å². The van der Waals surface area contributed by atoms with Crippen molar-refractivity contribution in [1.29, 1.82) is 0 Å². The van der Waals surface area contributed by atoms with Gasteiger partial charge in [0, 0.05) is 54.1 Å². The number of aromatic amines is 1. The number of hydrogen-bond acceptors (Lipinski definition) is 5. The van der Waals surface area contributed by atoms with E-state index in [4.69, 9.17) is 0 Å². The van der Waals surface area contributed by atoms with Gasteiger partial charge in [0.2, 0.25) is 0 Å². The molecular formula is C33H40N6. The fourth-order valence-electron chi connectivity index (χ4n) is 6.63. The van der Waals surface area contributed by atoms with Crippen LogP contribution in [0.15, 0.2) is 61.2 Å². The standard InChI is InChI=1S/C33H40N6/c1-5-9-24(2)39-21-33(22-39)16-14-32(4,15-17-33)25(3)36-27-12-10-26(11-13-27)29-20-28-30(37-29)34-23-35-31(28)38-18-7-6-8-19-38/h10-13,20,23,36H,2-3,6-8,14-19,21-22H2,1,4H3,(H,34,35,37). The quantitative estimate of drug-likeness (QED) is 0.344. The highest BCUT2D eigenvalue weighted by atomic mass is 15.2. The first kappa shape index (κ1) is 25.6. The third kappa shape index (κ3) is 4.91. The maximum absolute atomic E-state index is 4.64. The summed E-state index contributed by atoms with van der Waals surface area (Å²) in [4.78, 5) is 17.4. The zero-order valence-electron chi connectivity index (χ0n) is 23.4. The monoisotopic (exact) mass is 520 g/mol. The molecule has 6 heteroatoms. The van der Waals surface area contributed by atoms with Gasteiger partial charge in [-0.25, -0.2) is 9.97 Å². The Morgan fingerprint density at radius 3 is 2.41 bits per heavy atom. The number of piperidine rings is 1. The number of fused-ring (bicyclic) bond motifs is 1. The van der Waals surface area contributed by atoms with Gasteiger partial charge in [-0.05, 0) is 75.6 Å². The van der Waals surface area contributed by atoms with Crippen LogP contribution in [-0.2, 0) is 0 Å². The molecule has 3 fully saturated rings. The number of aromatic nitrogens is 3. The average Bonchev–Trinajstić information content (AvgIpc) is 3.38. The molecule has 202 valence electrons. The molecule has 6 rings (SSSR count). The Hall–Kier alpha value is -3.72. The van der Waals surface area contributed by atoms with Crippen LogP contribution >= 0.6 is 0 Å². The van der Waals surface area contributed by atoms with Gasteiger partial charge in [-0.15, -0.1) is 0 Å². The van der Waals surface area contributed by atoms with Crippen LogP contribution in [0, 0.1) is 22.7 Å². The van der Waals surface area contributed by atoms with Gasteiger partial charge in [-0.2, -0.15) is 0 Å². The Balaban J connectivity index is 1.09. The Morgan fingerprint density at radius 1 is 1.00 bits per heavy atom. The fraction of sp³-hybridized carbons (Fsp3) is 0.455. The normalized spacial score (nSPS) is 19.7. The van der Waals surface area contributed by atoms with Crippen molar-refractivity contribution in [2.45, 2.75) is 58.8 Å². The number of rotatable bonds is 6. The summed E-state index contributed by atoms with van der Waals surface area (Å²) in [5.74, 6) is 7.14. The number of nitrogens with zero attached hydrogens (tertiary/aromatic N) is 4. The summed E-state index contributed by atoms with van der Waals surface area (Å²) in [6.07, 6.45) is 10.2. The summed E-state index contributed by atoms with van der Waals surface area (Å²) < 4.78 is 0. The lowest BCUT2D eigenvalue weighted by atomic mass is 9.60. The topological polar surface area (TPSA) is 60.1 Å². The zero-order valence-corrected chi connectivity index (χ0v) is 23.4. The largest absolute Gasteiger partial charge is 0.364 e. The van der Waals surface area contributed by atoms with Crippen LogP contribution in [0.5, 0.6) is 0 Å². The Bertz CT molecular complexity index is 1430. The van der Waals surface area contributed by atoms with Gasteiger partial charge in [0.15, 0.2) is 0 Å². The number of H-pyrrole nitrogens is 1. The van der Waals surface area contributed by atoms with Gasteiger partial charge in [0.25, 0.3) is 0 Å². The van der Waals surface area contributed by atoms with Gasteiger partial charge in [-0.1, -0.05) is 44.1 Å². The first-order valence-electron chi connectivity index (χ1n) is 14.4. The molecule has 4 heterocycles. The first-order valence-corrected chi connectivity index (χ1v) is 14.4. The van der Waals surface area contributed by atoms with E-state index in [1.807, 2.05) is 6.92 Å². The molecule has 3 aromatic rings. The highest BCUT2D eigenvalue weighted by Gasteiger charge is 2.48. The van der Waals surface area contributed by atoms with Crippen molar-refractivity contribution in [2.75, 3.05) is 36.4 Å². The number of anilines is 2. The molecule has 0 radical (unpaired) electrons. The van der Waals surface area contributed by atoms with Gasteiger partial charge in [0.05, 0.1) is 11.1 Å². The highest BCUT2D eigenvalue weighted by molar-refractivity contribution is 5.92. The fourth-order valence-corrected chi connectivity index (χ4v) is 6.63. The molecule has 1 aliphatic carbocycles. The molecule has 2 aromatic heterocycles. The predicted molar refractivity (Wildman–Crippen MR) is 161 cm³/mol. The van der Waals surface area contributed by atoms with E-state index in [9.17, 15) is 0 Å². The summed E-state index contributed by atoms with van der Waals surface area (Å²) in [5.41, 5.74) is 6.81. The van der Waals surface area contributed by atoms with Crippen LogP contribution in [0.1, 0.15) is 58.8 Å². The third-order valence-corrected chi connectivity index (χ3v) is 9.40. The average molecular weight is 521 g/mol. The SMILES string of the molecule is C=C(C#CC)N1CC2(CCC(C)(C(=C)Nc3ccc(-c4cc5c(N6CCCCC6)ncnc5[nH]4)cc3)CC2)C1. The minimum atomic E-state index is 0.102. The minimum absolute atomic E-state index is 0.102. The molecular weight excluding hydrogens is 480 g/mol. The summed E-state index contributed by atoms with van der Waals surface area (Å²) in [6.45, 7) is 17.2. The second-order valence-electron chi connectivity index (χ2n) is 12.1. The lowest BCUT2D eigenvalue weighted by Crippen LogP contribution is -2.57. The number of likely N-dealkylation sites (tertiary alicyclic amines) is 1. The molecule has 1 aromatic carbocycles. The Kier molecular flexibility index (Phi) is 6.62. The maximum Gasteiger partial charge on any atom is 0.143 e. The summed E-state index contributed by atoms with van der Waals surface area (Å²) >= 11 is 0. The molecule has 6 nitrogen and oxygen atoms in total. The maximum atomic E-state index is 4.64. The molecule has 2 aliphatic heterocycles. The molecule has 0 unspecified atom stereocenters. The second-order valence-corrected chi connectivity index (χ2v) is 12.1. The molecule has 1 spiro atoms. The van der Waals surface area contributed by atoms with Crippen LogP contribution in [0.2, 0.25) is 0 Å². The van der Waals surface area contributed by atoms with E-state index < -0.39 is 0 Å². The van der Waals surface area contributed by atoms with Crippen molar-refractivity contribution in [3.8, 4) is 23.1 Å². The summed E-state index contributed by atoms with van der Waals surface area (Å²) in [5, 5.41) is 4.74. The van der Waals surface area contributed by atoms with Gasteiger partial charge >= 0.3 is 0 Å². The van der Waals surface area contributed by atoms with Crippen molar-refractivity contribution >= 4 is 22.5 Å². The molecule has 1 saturated carbocycles. The van der Waals surface area contributed by atoms with Crippen molar-refractivity contribution in [1.82, 2.24) is 19.9 Å². The van der Waals surface area contributed by atoms with Crippen molar-refractivity contribution < 1.29 is 0 Å². The van der Waals surface area contributed by atoms with Gasteiger partial charge in [0.1, 0.15) is 17.8 Å². The second kappa shape index (κ2) is 10.1. The van der Waals surface area contributed by atoms with Crippen molar-refractivity contribution in [2.24, 2.45) is 10.8 Å². The minimum Gasteiger partial charge on any atom is -0.364 e. The number of hydrogen-bond donors (Lipinski definition) is 2. The number of allylic oxidation sites excluding steroid dienone is 2. The summed E-state index contributed by atoms with van der Waals surface area (Å²) in [7, 11) is 0. The van der Waals surface area contributed by atoms with Gasteiger partial charge in [-0.3, -0.25) is 0 Å². The van der Waals surface area contributed by atoms with Crippen LogP contribution in [-0.4, -0.2) is 46.0 Å². The van der Waals surface area contributed by atoms with Crippen LogP contribution in [0.3, 0.4) is 0 Å². The zero-order chi connectivity index (χ0) is 27.0. The van der Waals surface area contributed by atoms with Crippen molar-refractivity contribution in [3.63, 3.8) is 0 Å². The smallest absolute Gasteiger partial charge is 0.143 e. The molecule has 2 N–H and O–H groups in total. The van der Waals surface area contributed by atoms with E-state index >= 15 is 0 Å². The molecule has 0 amide bonds. The van der Waals surface area contributed by atoms with E-state index in [-0.39, 0.29) is 5.41 Å². The third-order valence-electron chi connectivity index (χ3n) is 9.40. The van der Waals surface area contributed by atoms with E-state index in [0.29, 0.717) is 5.41 Å². The van der Waals surface area contributed by atoms with Crippen LogP contribution < -0.4 is 10.2 Å². The highest BCUT2D eigenvalue weighted by Crippen LogP contribution is 2.53. The lowest BCUT2D eigenvalue weighted by molar-refractivity contribution is -0.0238. The van der Waals surface area contributed by atoms with E-state index in [1.54, 1.807) is 6.33 Å². The Labute approximate surface area is 232 Å². The molecule has 0 bridgehead atoms. The molecule has 39 heavy (non-hydrogen) atoms. The Morgan fingerprint density at radius 2 is 1.72 bits per heavy atom. The molecule has 2 saturated heterocycles. The van der Waals surface area contributed by atoms with Crippen molar-refractivity contribution in [3.05, 3.63) is 61.2 Å². The number of benzene rings is 1. The first-order chi connectivity index (χ1) is 18.9. The molecule has 0 atom stereocenters. The van der Waals surface area contributed by atoms with Gasteiger partial charge < -0.3 is 20.1 Å².